The van der Waals surface area contributed by atoms with Crippen molar-refractivity contribution in [3.05, 3.63) is 46.7 Å². The molecule has 0 bridgehead atoms. The molecule has 0 amide bonds. The van der Waals surface area contributed by atoms with Gasteiger partial charge in [-0.1, -0.05) is 17.7 Å². The van der Waals surface area contributed by atoms with Crippen molar-refractivity contribution in [1.82, 2.24) is 29.6 Å². The van der Waals surface area contributed by atoms with Gasteiger partial charge in [0.15, 0.2) is 5.65 Å². The molecular formula is C16H16Cl2N6. The third-order valence-electron chi connectivity index (χ3n) is 4.41. The van der Waals surface area contributed by atoms with Crippen LogP contribution in [0.2, 0.25) is 10.4 Å². The molecule has 1 aliphatic rings. The Kier molecular flexibility index (Phi) is 4.35. The molecule has 1 saturated heterocycles. The van der Waals surface area contributed by atoms with Gasteiger partial charge in [-0.2, -0.15) is 10.1 Å². The van der Waals surface area contributed by atoms with Crippen molar-refractivity contribution in [2.75, 3.05) is 13.1 Å². The summed E-state index contributed by atoms with van der Waals surface area (Å²) >= 11 is 12.1. The van der Waals surface area contributed by atoms with E-state index in [4.69, 9.17) is 23.2 Å². The van der Waals surface area contributed by atoms with Crippen LogP contribution in [0.3, 0.4) is 0 Å². The summed E-state index contributed by atoms with van der Waals surface area (Å²) in [4.78, 5) is 14.9. The second-order valence-corrected chi connectivity index (χ2v) is 6.67. The van der Waals surface area contributed by atoms with Crippen LogP contribution in [0, 0.1) is 0 Å². The fraction of sp³-hybridized carbons (Fsp3) is 0.375. The molecule has 4 rings (SSSR count). The molecule has 0 saturated carbocycles. The predicted molar refractivity (Wildman–Crippen MR) is 93.1 cm³/mol. The van der Waals surface area contributed by atoms with Gasteiger partial charge >= 0.3 is 0 Å². The Morgan fingerprint density at radius 2 is 1.96 bits per heavy atom. The summed E-state index contributed by atoms with van der Waals surface area (Å²) in [5.74, 6) is 0. The van der Waals surface area contributed by atoms with E-state index in [0.717, 1.165) is 37.9 Å². The minimum atomic E-state index is 0.156. The van der Waals surface area contributed by atoms with Crippen molar-refractivity contribution in [3.63, 3.8) is 0 Å². The molecule has 1 aliphatic heterocycles. The zero-order valence-electron chi connectivity index (χ0n) is 12.9. The lowest BCUT2D eigenvalue weighted by Gasteiger charge is -2.32. The molecule has 124 valence electrons. The van der Waals surface area contributed by atoms with Crippen LogP contribution in [0.1, 0.15) is 24.4 Å². The molecule has 0 N–H and O–H groups in total. The van der Waals surface area contributed by atoms with Gasteiger partial charge in [0.2, 0.25) is 5.28 Å². The van der Waals surface area contributed by atoms with Crippen molar-refractivity contribution in [2.24, 2.45) is 0 Å². The van der Waals surface area contributed by atoms with Gasteiger partial charge in [0.05, 0.1) is 17.6 Å². The number of fused-ring (bicyclic) bond motifs is 1. The van der Waals surface area contributed by atoms with Gasteiger partial charge in [-0.25, -0.2) is 9.67 Å². The number of rotatable bonds is 3. The number of pyridine rings is 1. The molecule has 3 aromatic rings. The molecular weight excluding hydrogens is 347 g/mol. The van der Waals surface area contributed by atoms with E-state index in [2.05, 4.69) is 31.0 Å². The van der Waals surface area contributed by atoms with E-state index in [1.54, 1.807) is 12.4 Å². The van der Waals surface area contributed by atoms with Gasteiger partial charge in [0.25, 0.3) is 0 Å². The number of hydrogen-bond acceptors (Lipinski definition) is 5. The third kappa shape index (κ3) is 3.09. The quantitative estimate of drug-likeness (QED) is 0.528. The number of nitrogens with zero attached hydrogens (tertiary/aromatic N) is 6. The number of aromatic nitrogens is 5. The van der Waals surface area contributed by atoms with Crippen LogP contribution in [-0.2, 0) is 6.54 Å². The minimum Gasteiger partial charge on any atom is -0.299 e. The maximum absolute atomic E-state index is 6.12. The van der Waals surface area contributed by atoms with Gasteiger partial charge in [0, 0.05) is 32.0 Å². The number of piperidine rings is 1. The lowest BCUT2D eigenvalue weighted by molar-refractivity contribution is 0.175. The first-order chi connectivity index (χ1) is 11.7. The van der Waals surface area contributed by atoms with E-state index < -0.39 is 0 Å². The average molecular weight is 363 g/mol. The molecule has 0 unspecified atom stereocenters. The van der Waals surface area contributed by atoms with Crippen LogP contribution in [-0.4, -0.2) is 42.7 Å². The summed E-state index contributed by atoms with van der Waals surface area (Å²) < 4.78 is 1.94. The first-order valence-corrected chi connectivity index (χ1v) is 8.64. The highest BCUT2D eigenvalue weighted by Gasteiger charge is 2.24. The molecule has 0 radical (unpaired) electrons. The van der Waals surface area contributed by atoms with Gasteiger partial charge in [-0.05, 0) is 36.1 Å². The van der Waals surface area contributed by atoms with Gasteiger partial charge < -0.3 is 0 Å². The minimum absolute atomic E-state index is 0.156. The molecule has 0 aromatic carbocycles. The molecule has 3 aromatic heterocycles. The number of likely N-dealkylation sites (tertiary alicyclic amines) is 1. The molecule has 0 aliphatic carbocycles. The van der Waals surface area contributed by atoms with E-state index in [-0.39, 0.29) is 5.28 Å². The summed E-state index contributed by atoms with van der Waals surface area (Å²) in [6.45, 7) is 2.95. The highest BCUT2D eigenvalue weighted by atomic mass is 35.5. The molecule has 6 nitrogen and oxygen atoms in total. The normalized spacial score (nSPS) is 16.8. The van der Waals surface area contributed by atoms with E-state index in [1.165, 1.54) is 5.56 Å². The predicted octanol–water partition coefficient (Wildman–Crippen LogP) is 3.37. The SMILES string of the molecule is Clc1nc(Cl)c2cnn(C3CCN(Cc4cccnc4)CC3)c2n1. The lowest BCUT2D eigenvalue weighted by atomic mass is 10.0. The first-order valence-electron chi connectivity index (χ1n) is 7.88. The summed E-state index contributed by atoms with van der Waals surface area (Å²) in [5.41, 5.74) is 1.96. The molecule has 4 heterocycles. The number of hydrogen-bond donors (Lipinski definition) is 0. The second-order valence-electron chi connectivity index (χ2n) is 5.98. The zero-order valence-corrected chi connectivity index (χ0v) is 14.5. The average Bonchev–Trinajstić information content (AvgIpc) is 3.01. The largest absolute Gasteiger partial charge is 0.299 e. The van der Waals surface area contributed by atoms with Crippen LogP contribution in [0.4, 0.5) is 0 Å². The van der Waals surface area contributed by atoms with Gasteiger partial charge in [-0.15, -0.1) is 0 Å². The Labute approximate surface area is 149 Å². The maximum atomic E-state index is 6.12. The van der Waals surface area contributed by atoms with Crippen molar-refractivity contribution >= 4 is 34.2 Å². The maximum Gasteiger partial charge on any atom is 0.225 e. The van der Waals surface area contributed by atoms with Crippen LogP contribution in [0.15, 0.2) is 30.7 Å². The molecule has 0 atom stereocenters. The summed E-state index contributed by atoms with van der Waals surface area (Å²) in [7, 11) is 0. The Morgan fingerprint density at radius 1 is 1.12 bits per heavy atom. The summed E-state index contributed by atoms with van der Waals surface area (Å²) in [6, 6.07) is 4.39. The van der Waals surface area contributed by atoms with E-state index in [1.807, 2.05) is 16.9 Å². The smallest absolute Gasteiger partial charge is 0.225 e. The Morgan fingerprint density at radius 3 is 2.71 bits per heavy atom. The molecule has 0 spiro atoms. The van der Waals surface area contributed by atoms with Crippen LogP contribution < -0.4 is 0 Å². The highest BCUT2D eigenvalue weighted by molar-refractivity contribution is 6.35. The van der Waals surface area contributed by atoms with Crippen LogP contribution >= 0.6 is 23.2 Å². The van der Waals surface area contributed by atoms with Crippen molar-refractivity contribution < 1.29 is 0 Å². The van der Waals surface area contributed by atoms with E-state index in [9.17, 15) is 0 Å². The molecule has 8 heteroatoms. The lowest BCUT2D eigenvalue weighted by Crippen LogP contribution is -2.34. The molecule has 24 heavy (non-hydrogen) atoms. The zero-order chi connectivity index (χ0) is 16.5. The van der Waals surface area contributed by atoms with E-state index in [0.29, 0.717) is 16.8 Å². The Hall–Kier alpha value is -1.76. The third-order valence-corrected chi connectivity index (χ3v) is 4.87. The standard InChI is InChI=1S/C16H16Cl2N6/c17-14-13-9-20-24(15(13)22-16(18)21-14)12-3-6-23(7-4-12)10-11-2-1-5-19-8-11/h1-2,5,8-9,12H,3-4,6-7,10H2. The highest BCUT2D eigenvalue weighted by Crippen LogP contribution is 2.28. The Balaban J connectivity index is 1.48. The Bertz CT molecular complexity index is 842. The fourth-order valence-electron chi connectivity index (χ4n) is 3.21. The van der Waals surface area contributed by atoms with Crippen molar-refractivity contribution in [3.8, 4) is 0 Å². The fourth-order valence-corrected chi connectivity index (χ4v) is 3.63. The van der Waals surface area contributed by atoms with E-state index >= 15 is 0 Å². The molecule has 1 fully saturated rings. The van der Waals surface area contributed by atoms with Crippen molar-refractivity contribution in [1.29, 1.82) is 0 Å². The summed E-state index contributed by atoms with van der Waals surface area (Å²) in [6.07, 6.45) is 7.47. The first kappa shape index (κ1) is 15.7. The van der Waals surface area contributed by atoms with Gasteiger partial charge in [-0.3, -0.25) is 9.88 Å². The summed E-state index contributed by atoms with van der Waals surface area (Å²) in [5, 5.41) is 5.73. The van der Waals surface area contributed by atoms with Gasteiger partial charge in [0.1, 0.15) is 5.15 Å². The second kappa shape index (κ2) is 6.63. The van der Waals surface area contributed by atoms with Crippen molar-refractivity contribution in [2.45, 2.75) is 25.4 Å². The number of halogens is 2. The monoisotopic (exact) mass is 362 g/mol. The van der Waals surface area contributed by atoms with Crippen LogP contribution in [0.25, 0.3) is 11.0 Å². The topological polar surface area (TPSA) is 59.7 Å². The van der Waals surface area contributed by atoms with Crippen LogP contribution in [0.5, 0.6) is 0 Å².